The van der Waals surface area contributed by atoms with Gasteiger partial charge in [0.2, 0.25) is 5.91 Å². The van der Waals surface area contributed by atoms with Gasteiger partial charge in [0.25, 0.3) is 0 Å². The molecule has 1 unspecified atom stereocenters. The van der Waals surface area contributed by atoms with E-state index >= 15 is 0 Å². The van der Waals surface area contributed by atoms with Crippen molar-refractivity contribution in [3.63, 3.8) is 0 Å². The van der Waals surface area contributed by atoms with Gasteiger partial charge >= 0.3 is 0 Å². The van der Waals surface area contributed by atoms with Gasteiger partial charge in [0.15, 0.2) is 0 Å². The average Bonchev–Trinajstić information content (AvgIpc) is 2.23. The van der Waals surface area contributed by atoms with Crippen LogP contribution < -0.4 is 11.1 Å². The van der Waals surface area contributed by atoms with Crippen LogP contribution in [-0.4, -0.2) is 41.5 Å². The summed E-state index contributed by atoms with van der Waals surface area (Å²) in [5.74, 6) is -0.0761. The molecule has 4 nitrogen and oxygen atoms in total. The van der Waals surface area contributed by atoms with Gasteiger partial charge in [-0.15, -0.1) is 0 Å². The fraction of sp³-hybridized carbons (Fsp3) is 0.833. The van der Waals surface area contributed by atoms with Crippen LogP contribution >= 0.6 is 12.2 Å². The molecule has 1 amide bonds. The maximum Gasteiger partial charge on any atom is 0.227 e. The lowest BCUT2D eigenvalue weighted by Gasteiger charge is -2.19. The zero-order chi connectivity index (χ0) is 13.3. The number of nitrogens with two attached hydrogens (primary N) is 1. The van der Waals surface area contributed by atoms with Gasteiger partial charge in [-0.2, -0.15) is 0 Å². The molecular weight excluding hydrogens is 234 g/mol. The van der Waals surface area contributed by atoms with E-state index in [4.69, 9.17) is 5.73 Å². The number of carbonyl (C=O) groups is 1. The Balaban J connectivity index is 3.68. The fourth-order valence-corrected chi connectivity index (χ4v) is 1.85. The summed E-state index contributed by atoms with van der Waals surface area (Å²) in [4.78, 5) is 14.0. The van der Waals surface area contributed by atoms with E-state index in [0.717, 1.165) is 32.5 Å². The second-order valence-corrected chi connectivity index (χ2v) is 4.81. The number of carbonyl (C=O) groups excluding carboxylic acids is 1. The Kier molecular flexibility index (Phi) is 8.99. The van der Waals surface area contributed by atoms with Crippen LogP contribution in [0, 0.1) is 0 Å². The van der Waals surface area contributed by atoms with Gasteiger partial charge in [0.05, 0.1) is 11.4 Å². The molecule has 0 radical (unpaired) electrons. The first-order valence-corrected chi connectivity index (χ1v) is 6.70. The molecule has 17 heavy (non-hydrogen) atoms. The Morgan fingerprint density at radius 1 is 1.41 bits per heavy atom. The minimum atomic E-state index is -0.0761. The number of nitrogens with zero attached hydrogens (tertiary/aromatic N) is 1. The summed E-state index contributed by atoms with van der Waals surface area (Å²) in [5.41, 5.74) is 5.31. The first kappa shape index (κ1) is 16.3. The third-order valence-corrected chi connectivity index (χ3v) is 2.89. The molecule has 1 atom stereocenters. The molecule has 0 spiro atoms. The Morgan fingerprint density at radius 3 is 2.47 bits per heavy atom. The molecule has 0 fully saturated rings. The van der Waals surface area contributed by atoms with Gasteiger partial charge in [0, 0.05) is 6.04 Å². The maximum absolute atomic E-state index is 11.4. The normalized spacial score (nSPS) is 12.5. The van der Waals surface area contributed by atoms with Crippen LogP contribution in [0.2, 0.25) is 0 Å². The molecule has 0 saturated carbocycles. The first-order chi connectivity index (χ1) is 7.99. The second kappa shape index (κ2) is 9.36. The molecule has 0 aliphatic carbocycles. The van der Waals surface area contributed by atoms with Gasteiger partial charge in [-0.3, -0.25) is 4.79 Å². The highest BCUT2D eigenvalue weighted by Crippen LogP contribution is 2.00. The molecule has 0 rings (SSSR count). The van der Waals surface area contributed by atoms with E-state index in [-0.39, 0.29) is 23.4 Å². The quantitative estimate of drug-likeness (QED) is 0.613. The van der Waals surface area contributed by atoms with Gasteiger partial charge in [-0.25, -0.2) is 0 Å². The van der Waals surface area contributed by atoms with Crippen LogP contribution in [0.4, 0.5) is 0 Å². The Bertz CT molecular complexity index is 242. The van der Waals surface area contributed by atoms with Crippen LogP contribution in [0.5, 0.6) is 0 Å². The van der Waals surface area contributed by atoms with Crippen molar-refractivity contribution in [1.29, 1.82) is 0 Å². The summed E-state index contributed by atoms with van der Waals surface area (Å²) >= 11 is 4.69. The number of nitrogens with one attached hydrogen (secondary N) is 1. The van der Waals surface area contributed by atoms with Gasteiger partial charge in [-0.05, 0) is 39.4 Å². The summed E-state index contributed by atoms with van der Waals surface area (Å²) in [6.45, 7) is 9.59. The second-order valence-electron chi connectivity index (χ2n) is 4.28. The molecule has 0 aromatic heterocycles. The summed E-state index contributed by atoms with van der Waals surface area (Å²) in [7, 11) is 0. The average molecular weight is 259 g/mol. The van der Waals surface area contributed by atoms with Crippen LogP contribution in [0.3, 0.4) is 0 Å². The third kappa shape index (κ3) is 9.06. The number of hydrogen-bond acceptors (Lipinski definition) is 3. The van der Waals surface area contributed by atoms with Crippen molar-refractivity contribution in [1.82, 2.24) is 10.2 Å². The molecule has 0 aromatic carbocycles. The topological polar surface area (TPSA) is 58.4 Å². The summed E-state index contributed by atoms with van der Waals surface area (Å²) in [6, 6.07) is 0.187. The lowest BCUT2D eigenvalue weighted by molar-refractivity contribution is -0.120. The van der Waals surface area contributed by atoms with Crippen molar-refractivity contribution in [3.05, 3.63) is 0 Å². The van der Waals surface area contributed by atoms with Crippen LogP contribution in [0.25, 0.3) is 0 Å². The Morgan fingerprint density at radius 2 is 2.00 bits per heavy atom. The SMILES string of the molecule is CCN(CC)CCCC(C)NC(=O)CC(N)=S. The summed E-state index contributed by atoms with van der Waals surface area (Å²) < 4.78 is 0. The first-order valence-electron chi connectivity index (χ1n) is 6.29. The highest BCUT2D eigenvalue weighted by Gasteiger charge is 2.08. The predicted molar refractivity (Wildman–Crippen MR) is 76.0 cm³/mol. The van der Waals surface area contributed by atoms with Crippen LogP contribution in [-0.2, 0) is 4.79 Å². The van der Waals surface area contributed by atoms with E-state index in [2.05, 4.69) is 36.3 Å². The van der Waals surface area contributed by atoms with E-state index < -0.39 is 0 Å². The molecule has 0 aromatic rings. The number of rotatable bonds is 9. The smallest absolute Gasteiger partial charge is 0.227 e. The Labute approximate surface area is 110 Å². The fourth-order valence-electron chi connectivity index (χ4n) is 1.72. The lowest BCUT2D eigenvalue weighted by Crippen LogP contribution is -2.35. The summed E-state index contributed by atoms with van der Waals surface area (Å²) in [6.07, 6.45) is 2.23. The van der Waals surface area contributed by atoms with Crippen LogP contribution in [0.1, 0.15) is 40.0 Å². The largest absolute Gasteiger partial charge is 0.393 e. The van der Waals surface area contributed by atoms with Crippen molar-refractivity contribution in [3.8, 4) is 0 Å². The third-order valence-electron chi connectivity index (χ3n) is 2.75. The molecule has 5 heteroatoms. The summed E-state index contributed by atoms with van der Waals surface area (Å²) in [5, 5.41) is 2.90. The minimum Gasteiger partial charge on any atom is -0.393 e. The lowest BCUT2D eigenvalue weighted by atomic mass is 10.1. The molecule has 0 heterocycles. The molecular formula is C12H25N3OS. The Hall–Kier alpha value is -0.680. The van der Waals surface area contributed by atoms with Gasteiger partial charge < -0.3 is 16.0 Å². The molecule has 100 valence electrons. The van der Waals surface area contributed by atoms with E-state index in [9.17, 15) is 4.79 Å². The van der Waals surface area contributed by atoms with Crippen molar-refractivity contribution in [2.45, 2.75) is 46.1 Å². The van der Waals surface area contributed by atoms with Crippen molar-refractivity contribution in [2.75, 3.05) is 19.6 Å². The number of hydrogen-bond donors (Lipinski definition) is 2. The van der Waals surface area contributed by atoms with Gasteiger partial charge in [0.1, 0.15) is 0 Å². The van der Waals surface area contributed by atoms with E-state index in [0.29, 0.717) is 0 Å². The predicted octanol–water partition coefficient (Wildman–Crippen LogP) is 1.29. The molecule has 0 aliphatic heterocycles. The molecule has 0 saturated heterocycles. The molecule has 0 bridgehead atoms. The highest BCUT2D eigenvalue weighted by atomic mass is 32.1. The van der Waals surface area contributed by atoms with Crippen molar-refractivity contribution in [2.24, 2.45) is 5.73 Å². The minimum absolute atomic E-state index is 0.0761. The van der Waals surface area contributed by atoms with Crippen molar-refractivity contribution >= 4 is 23.1 Å². The molecule has 3 N–H and O–H groups in total. The highest BCUT2D eigenvalue weighted by molar-refractivity contribution is 7.80. The number of thiocarbonyl (C=S) groups is 1. The molecule has 0 aliphatic rings. The van der Waals surface area contributed by atoms with Crippen molar-refractivity contribution < 1.29 is 4.79 Å². The zero-order valence-electron chi connectivity index (χ0n) is 11.2. The van der Waals surface area contributed by atoms with E-state index in [1.807, 2.05) is 6.92 Å². The maximum atomic E-state index is 11.4. The van der Waals surface area contributed by atoms with E-state index in [1.54, 1.807) is 0 Å². The van der Waals surface area contributed by atoms with Crippen LogP contribution in [0.15, 0.2) is 0 Å². The van der Waals surface area contributed by atoms with Gasteiger partial charge in [-0.1, -0.05) is 26.1 Å². The zero-order valence-corrected chi connectivity index (χ0v) is 12.0. The standard InChI is InChI=1S/C12H25N3OS/c1-4-15(5-2)8-6-7-10(3)14-12(16)9-11(13)17/h10H,4-9H2,1-3H3,(H2,13,17)(H,14,16). The monoisotopic (exact) mass is 259 g/mol. The van der Waals surface area contributed by atoms with E-state index in [1.165, 1.54) is 0 Å². The number of amides is 1.